The molecule has 1 aliphatic rings. The molecule has 1 aromatic rings. The van der Waals surface area contributed by atoms with Gasteiger partial charge in [0.25, 0.3) is 0 Å². The van der Waals surface area contributed by atoms with E-state index < -0.39 is 0 Å². The Bertz CT molecular complexity index is 310. The predicted octanol–water partition coefficient (Wildman–Crippen LogP) is 0.459. The highest BCUT2D eigenvalue weighted by atomic mass is 16.5. The lowest BCUT2D eigenvalue weighted by atomic mass is 9.95. The van der Waals surface area contributed by atoms with Crippen molar-refractivity contribution in [2.24, 2.45) is 5.92 Å². The molecule has 0 fully saturated rings. The van der Waals surface area contributed by atoms with Crippen molar-refractivity contribution in [2.75, 3.05) is 19.5 Å². The molecule has 0 aromatic carbocycles. The van der Waals surface area contributed by atoms with Crippen LogP contribution in [0.1, 0.15) is 18.7 Å². The molecule has 0 aliphatic carbocycles. The lowest BCUT2D eigenvalue weighted by molar-refractivity contribution is 0.168. The Morgan fingerprint density at radius 3 is 3.29 bits per heavy atom. The Kier molecular flexibility index (Phi) is 2.67. The fraction of sp³-hybridized carbons (Fsp3) is 0.778. The summed E-state index contributed by atoms with van der Waals surface area (Å²) < 4.78 is 6.99. The second kappa shape index (κ2) is 3.96. The third kappa shape index (κ3) is 1.87. The molecule has 5 heteroatoms. The van der Waals surface area contributed by atoms with Crippen molar-refractivity contribution in [3.05, 3.63) is 5.82 Å². The van der Waals surface area contributed by atoms with Crippen LogP contribution in [0.3, 0.4) is 0 Å². The number of rotatable bonds is 3. The zero-order valence-electron chi connectivity index (χ0n) is 8.44. The summed E-state index contributed by atoms with van der Waals surface area (Å²) in [6, 6.07) is 0. The SMILES string of the molecule is COCCC1CCn2nc(N)nc2C1. The number of hydrogen-bond donors (Lipinski definition) is 1. The molecule has 1 unspecified atom stereocenters. The van der Waals surface area contributed by atoms with E-state index in [2.05, 4.69) is 10.1 Å². The molecule has 14 heavy (non-hydrogen) atoms. The Morgan fingerprint density at radius 2 is 2.50 bits per heavy atom. The summed E-state index contributed by atoms with van der Waals surface area (Å²) in [6.07, 6.45) is 3.23. The van der Waals surface area contributed by atoms with E-state index in [1.807, 2.05) is 4.68 Å². The van der Waals surface area contributed by atoms with E-state index in [9.17, 15) is 0 Å². The Balaban J connectivity index is 1.98. The van der Waals surface area contributed by atoms with Crippen LogP contribution in [0.25, 0.3) is 0 Å². The van der Waals surface area contributed by atoms with Crippen LogP contribution in [0.4, 0.5) is 5.95 Å². The Hall–Kier alpha value is -1.10. The molecule has 0 bridgehead atoms. The van der Waals surface area contributed by atoms with Gasteiger partial charge in [0.15, 0.2) is 0 Å². The van der Waals surface area contributed by atoms with Crippen molar-refractivity contribution in [3.63, 3.8) is 0 Å². The fourth-order valence-corrected chi connectivity index (χ4v) is 1.92. The molecule has 0 radical (unpaired) electrons. The summed E-state index contributed by atoms with van der Waals surface area (Å²) in [6.45, 7) is 1.77. The van der Waals surface area contributed by atoms with Crippen molar-refractivity contribution in [1.29, 1.82) is 0 Å². The molecular weight excluding hydrogens is 180 g/mol. The van der Waals surface area contributed by atoms with Gasteiger partial charge in [-0.2, -0.15) is 4.98 Å². The summed E-state index contributed by atoms with van der Waals surface area (Å²) in [5, 5.41) is 4.12. The van der Waals surface area contributed by atoms with Crippen LogP contribution in [0.15, 0.2) is 0 Å². The highest BCUT2D eigenvalue weighted by Crippen LogP contribution is 2.21. The summed E-state index contributed by atoms with van der Waals surface area (Å²) >= 11 is 0. The van der Waals surface area contributed by atoms with E-state index in [0.717, 1.165) is 38.2 Å². The number of anilines is 1. The number of nitrogens with zero attached hydrogens (tertiary/aromatic N) is 3. The first kappa shape index (κ1) is 9.45. The normalized spacial score (nSPS) is 20.8. The Labute approximate surface area is 83.3 Å². The van der Waals surface area contributed by atoms with Gasteiger partial charge in [0, 0.05) is 26.7 Å². The van der Waals surface area contributed by atoms with Crippen LogP contribution < -0.4 is 5.73 Å². The fourth-order valence-electron chi connectivity index (χ4n) is 1.92. The monoisotopic (exact) mass is 196 g/mol. The zero-order valence-corrected chi connectivity index (χ0v) is 8.44. The lowest BCUT2D eigenvalue weighted by Gasteiger charge is -2.21. The van der Waals surface area contributed by atoms with E-state index in [0.29, 0.717) is 11.9 Å². The summed E-state index contributed by atoms with van der Waals surface area (Å²) in [7, 11) is 1.74. The number of aryl methyl sites for hydroxylation is 1. The number of hydrogen-bond acceptors (Lipinski definition) is 4. The van der Waals surface area contributed by atoms with Crippen LogP contribution in [-0.4, -0.2) is 28.5 Å². The summed E-state index contributed by atoms with van der Waals surface area (Å²) in [5.41, 5.74) is 5.54. The largest absolute Gasteiger partial charge is 0.385 e. The smallest absolute Gasteiger partial charge is 0.239 e. The van der Waals surface area contributed by atoms with E-state index in [4.69, 9.17) is 10.5 Å². The first-order chi connectivity index (χ1) is 6.79. The molecule has 2 heterocycles. The van der Waals surface area contributed by atoms with Crippen molar-refractivity contribution in [1.82, 2.24) is 14.8 Å². The van der Waals surface area contributed by atoms with Gasteiger partial charge in [0.2, 0.25) is 5.95 Å². The second-order valence-corrected chi connectivity index (χ2v) is 3.75. The quantitative estimate of drug-likeness (QED) is 0.762. The molecule has 0 spiro atoms. The van der Waals surface area contributed by atoms with Crippen molar-refractivity contribution < 1.29 is 4.74 Å². The third-order valence-electron chi connectivity index (χ3n) is 2.72. The molecule has 0 amide bonds. The minimum atomic E-state index is 0.396. The summed E-state index contributed by atoms with van der Waals surface area (Å²) in [5.74, 6) is 2.09. The van der Waals surface area contributed by atoms with Crippen LogP contribution in [0.5, 0.6) is 0 Å². The van der Waals surface area contributed by atoms with Gasteiger partial charge >= 0.3 is 0 Å². The van der Waals surface area contributed by atoms with Gasteiger partial charge in [0.05, 0.1) is 0 Å². The zero-order chi connectivity index (χ0) is 9.97. The Morgan fingerprint density at radius 1 is 1.64 bits per heavy atom. The van der Waals surface area contributed by atoms with Crippen LogP contribution in [0.2, 0.25) is 0 Å². The molecule has 2 N–H and O–H groups in total. The van der Waals surface area contributed by atoms with Gasteiger partial charge in [-0.05, 0) is 18.8 Å². The van der Waals surface area contributed by atoms with Crippen molar-refractivity contribution in [2.45, 2.75) is 25.8 Å². The molecule has 0 saturated carbocycles. The van der Waals surface area contributed by atoms with Crippen molar-refractivity contribution in [3.8, 4) is 0 Å². The second-order valence-electron chi connectivity index (χ2n) is 3.75. The molecule has 2 rings (SSSR count). The van der Waals surface area contributed by atoms with Gasteiger partial charge < -0.3 is 10.5 Å². The number of methoxy groups -OCH3 is 1. The highest BCUT2D eigenvalue weighted by Gasteiger charge is 2.20. The number of nitrogens with two attached hydrogens (primary N) is 1. The molecule has 78 valence electrons. The molecule has 1 aliphatic heterocycles. The maximum atomic E-state index is 5.54. The minimum absolute atomic E-state index is 0.396. The highest BCUT2D eigenvalue weighted by molar-refractivity contribution is 5.14. The molecule has 0 saturated heterocycles. The first-order valence-corrected chi connectivity index (χ1v) is 4.97. The van der Waals surface area contributed by atoms with Crippen LogP contribution >= 0.6 is 0 Å². The van der Waals surface area contributed by atoms with E-state index in [1.165, 1.54) is 0 Å². The number of aromatic nitrogens is 3. The van der Waals surface area contributed by atoms with Gasteiger partial charge in [-0.15, -0.1) is 5.10 Å². The van der Waals surface area contributed by atoms with E-state index in [1.54, 1.807) is 7.11 Å². The molecule has 1 atom stereocenters. The number of nitrogen functional groups attached to an aromatic ring is 1. The first-order valence-electron chi connectivity index (χ1n) is 4.97. The average Bonchev–Trinajstić information content (AvgIpc) is 2.54. The van der Waals surface area contributed by atoms with E-state index in [-0.39, 0.29) is 0 Å². The number of fused-ring (bicyclic) bond motifs is 1. The lowest BCUT2D eigenvalue weighted by Crippen LogP contribution is -2.21. The molecular formula is C9H16N4O. The third-order valence-corrected chi connectivity index (χ3v) is 2.72. The minimum Gasteiger partial charge on any atom is -0.385 e. The number of ether oxygens (including phenoxy) is 1. The van der Waals surface area contributed by atoms with Crippen LogP contribution in [0, 0.1) is 5.92 Å². The average molecular weight is 196 g/mol. The van der Waals surface area contributed by atoms with E-state index >= 15 is 0 Å². The van der Waals surface area contributed by atoms with Gasteiger partial charge in [0.1, 0.15) is 5.82 Å². The topological polar surface area (TPSA) is 66.0 Å². The standard InChI is InChI=1S/C9H16N4O/c1-14-5-3-7-2-4-13-8(6-7)11-9(10)12-13/h7H,2-6H2,1H3,(H2,10,12). The van der Waals surface area contributed by atoms with Gasteiger partial charge in [-0.25, -0.2) is 4.68 Å². The predicted molar refractivity (Wildman–Crippen MR) is 52.7 cm³/mol. The van der Waals surface area contributed by atoms with Gasteiger partial charge in [-0.3, -0.25) is 0 Å². The van der Waals surface area contributed by atoms with Crippen molar-refractivity contribution >= 4 is 5.95 Å². The maximum Gasteiger partial charge on any atom is 0.239 e. The molecule has 1 aromatic heterocycles. The van der Waals surface area contributed by atoms with Gasteiger partial charge in [-0.1, -0.05) is 0 Å². The maximum absolute atomic E-state index is 5.54. The van der Waals surface area contributed by atoms with Crippen LogP contribution in [-0.2, 0) is 17.7 Å². The summed E-state index contributed by atoms with van der Waals surface area (Å²) in [4.78, 5) is 4.20. The molecule has 5 nitrogen and oxygen atoms in total.